The van der Waals surface area contributed by atoms with Gasteiger partial charge in [-0.25, -0.2) is 48.3 Å². The Hall–Kier alpha value is -8.04. The summed E-state index contributed by atoms with van der Waals surface area (Å²) in [6, 6.07) is 16.5. The highest BCUT2D eigenvalue weighted by Crippen LogP contribution is 2.35. The number of nitrogens with one attached hydrogen (secondary N) is 5. The molecule has 9 aromatic rings. The molecule has 0 aliphatic heterocycles. The number of hydrogen-bond acceptors (Lipinski definition) is 16. The van der Waals surface area contributed by atoms with Gasteiger partial charge in [0.2, 0.25) is 0 Å². The van der Waals surface area contributed by atoms with Crippen LogP contribution in [0.3, 0.4) is 0 Å². The summed E-state index contributed by atoms with van der Waals surface area (Å²) >= 11 is 0. The van der Waals surface area contributed by atoms with Crippen LogP contribution in [0.25, 0.3) is 66.9 Å². The Balaban J connectivity index is 0.000000166. The van der Waals surface area contributed by atoms with Crippen molar-refractivity contribution in [2.75, 3.05) is 92.4 Å². The molecule has 0 spiro atoms. The summed E-state index contributed by atoms with van der Waals surface area (Å²) < 4.78 is 68.7. The lowest BCUT2D eigenvalue weighted by Gasteiger charge is -2.31. The maximum atomic E-state index is 13.9. The summed E-state index contributed by atoms with van der Waals surface area (Å²) in [6.07, 6.45) is 21.2. The number of para-hydroxylation sites is 1. The number of ether oxygens (including phenoxy) is 7. The quantitative estimate of drug-likeness (QED) is 0.0275. The molecule has 7 N–H and O–H groups in total. The molecule has 2 saturated carbocycles. The highest BCUT2D eigenvalue weighted by atomic mass is 19.1. The first-order valence-electron chi connectivity index (χ1n) is 29.8. The van der Waals surface area contributed by atoms with E-state index >= 15 is 0 Å². The number of halogens is 2. The normalized spacial score (nSPS) is 16.7. The number of aromatic nitrogens is 10. The van der Waals surface area contributed by atoms with Gasteiger partial charge in [-0.05, 0) is 102 Å². The van der Waals surface area contributed by atoms with Crippen LogP contribution in [0.1, 0.15) is 77.3 Å². The molecule has 87 heavy (non-hydrogen) atoms. The molecular weight excluding hydrogens is 1120 g/mol. The van der Waals surface area contributed by atoms with Crippen LogP contribution in [0.5, 0.6) is 5.75 Å². The Morgan fingerprint density at radius 2 is 1.09 bits per heavy atom. The summed E-state index contributed by atoms with van der Waals surface area (Å²) in [5.74, 6) is 0.804. The van der Waals surface area contributed by atoms with Crippen molar-refractivity contribution in [1.82, 2.24) is 65.0 Å². The topological polar surface area (TPSA) is 280 Å². The van der Waals surface area contributed by atoms with Gasteiger partial charge in [0.1, 0.15) is 40.0 Å². The molecule has 3 amide bonds. The average molecular weight is 1200 g/mol. The van der Waals surface area contributed by atoms with Gasteiger partial charge in [0.15, 0.2) is 11.6 Å². The molecule has 0 bridgehead atoms. The van der Waals surface area contributed by atoms with Gasteiger partial charge in [0, 0.05) is 120 Å². The highest BCUT2D eigenvalue weighted by molar-refractivity contribution is 5.93. The predicted octanol–water partition coefficient (Wildman–Crippen LogP) is 9.37. The number of fused-ring (bicyclic) bond motifs is 4. The number of carbonyl (C=O) groups is 2. The second-order valence-electron chi connectivity index (χ2n) is 20.9. The van der Waals surface area contributed by atoms with Crippen molar-refractivity contribution in [3.8, 4) is 28.5 Å². The second kappa shape index (κ2) is 33.2. The van der Waals surface area contributed by atoms with E-state index in [-0.39, 0.29) is 30.0 Å². The first-order chi connectivity index (χ1) is 42.6. The number of amides is 3. The zero-order valence-electron chi connectivity index (χ0n) is 49.3. The molecule has 2 aliphatic rings. The molecule has 2 aliphatic carbocycles. The third kappa shape index (κ3) is 18.5. The van der Waals surface area contributed by atoms with E-state index < -0.39 is 11.9 Å². The summed E-state index contributed by atoms with van der Waals surface area (Å²) in [5.41, 5.74) is 10.5. The minimum absolute atomic E-state index is 0.0554. The number of hydrogen-bond donors (Lipinski definition) is 6. The van der Waals surface area contributed by atoms with E-state index in [1.54, 1.807) is 42.9 Å². The van der Waals surface area contributed by atoms with Gasteiger partial charge in [-0.15, -0.1) is 0 Å². The molecule has 0 unspecified atom stereocenters. The molecule has 11 rings (SSSR count). The monoisotopic (exact) mass is 1200 g/mol. The fraction of sp³-hybridized carbons (Fsp3) is 0.452. The SMILES string of the molecule is CCOCCOCCOCCNC(=O)N[C@@H]1CCC[C@H](n2ccc3cnc(-c4c[nH]c5ncc(F)cc45)nc32)C1.CCOCCOCCOCCNC(=O)Oc1ccccc1.N[C@@H]1CCC[C@H](n2ccc3cnc(-c4c[nH]c5ncc(F)cc45)nc32)C1. The number of pyridine rings is 2. The van der Waals surface area contributed by atoms with Crippen molar-refractivity contribution < 1.29 is 51.5 Å². The van der Waals surface area contributed by atoms with Crippen LogP contribution in [-0.4, -0.2) is 166 Å². The van der Waals surface area contributed by atoms with E-state index in [4.69, 9.17) is 48.9 Å². The number of rotatable bonds is 26. The molecule has 2 fully saturated rings. The van der Waals surface area contributed by atoms with E-state index in [2.05, 4.69) is 61.2 Å². The van der Waals surface area contributed by atoms with Gasteiger partial charge < -0.3 is 73.9 Å². The van der Waals surface area contributed by atoms with Gasteiger partial charge in [-0.2, -0.15) is 0 Å². The second-order valence-corrected chi connectivity index (χ2v) is 20.9. The fourth-order valence-electron chi connectivity index (χ4n) is 10.5. The van der Waals surface area contributed by atoms with Crippen LogP contribution < -0.4 is 26.4 Å². The van der Waals surface area contributed by atoms with E-state index in [1.807, 2.05) is 44.4 Å². The molecule has 464 valence electrons. The molecule has 8 heterocycles. The maximum absolute atomic E-state index is 13.9. The lowest BCUT2D eigenvalue weighted by molar-refractivity contribution is 0.0177. The lowest BCUT2D eigenvalue weighted by atomic mass is 9.91. The van der Waals surface area contributed by atoms with Crippen molar-refractivity contribution in [3.63, 3.8) is 0 Å². The van der Waals surface area contributed by atoms with E-state index in [0.29, 0.717) is 143 Å². The molecule has 8 aromatic heterocycles. The molecule has 25 heteroatoms. The molecule has 0 saturated heterocycles. The van der Waals surface area contributed by atoms with Gasteiger partial charge in [-0.3, -0.25) is 0 Å². The van der Waals surface area contributed by atoms with Crippen LogP contribution in [0.2, 0.25) is 0 Å². The molecular formula is C62H78F2N14O9. The van der Waals surface area contributed by atoms with Gasteiger partial charge in [0.25, 0.3) is 0 Å². The largest absolute Gasteiger partial charge is 0.412 e. The number of H-pyrrole nitrogens is 2. The Labute approximate surface area is 502 Å². The lowest BCUT2D eigenvalue weighted by Crippen LogP contribution is -2.45. The van der Waals surface area contributed by atoms with Crippen LogP contribution >= 0.6 is 0 Å². The van der Waals surface area contributed by atoms with Crippen molar-refractivity contribution >= 4 is 56.3 Å². The first-order valence-corrected chi connectivity index (χ1v) is 29.8. The van der Waals surface area contributed by atoms with Crippen LogP contribution in [-0.2, 0) is 28.4 Å². The number of benzene rings is 1. The summed E-state index contributed by atoms with van der Waals surface area (Å²) in [5, 5.41) is 11.8. The van der Waals surface area contributed by atoms with Gasteiger partial charge in [-0.1, -0.05) is 18.2 Å². The van der Waals surface area contributed by atoms with Crippen molar-refractivity contribution in [2.45, 2.75) is 89.4 Å². The minimum Gasteiger partial charge on any atom is -0.410 e. The van der Waals surface area contributed by atoms with Crippen LogP contribution in [0, 0.1) is 11.6 Å². The summed E-state index contributed by atoms with van der Waals surface area (Å²) in [7, 11) is 0. The summed E-state index contributed by atoms with van der Waals surface area (Å²) in [4.78, 5) is 56.9. The standard InChI is InChI=1S/C28H36FN7O4.C19H19FN6.C15H23NO5/c1-2-38-10-11-40-13-12-39-9-7-30-28(37)34-21-4-3-5-22(15-21)36-8-6-19-16-31-26(35-27(19)36)24-18-33-25-23(24)14-20(29)17-32-25;20-12-6-15-16(10-24-17(15)23-9-12)18-22-8-11-4-5-26(19(11)25-18)14-3-1-2-13(21)7-14;1-2-18-10-11-20-13-12-19-9-8-16-15(17)21-14-6-4-3-5-7-14/h6,8,14,16-18,21-22H,2-5,7,9-13,15H2,1H3,(H,32,33)(H2,30,34,37);4-6,8-10,13-14H,1-3,7,21H2,(H,23,24);3-7H,2,8-13H2,1H3,(H,16,17)/t21-,22+;13-,14+;/m11./s1. The first kappa shape index (κ1) is 63.5. The molecule has 4 atom stereocenters. The number of nitrogens with two attached hydrogens (primary N) is 1. The number of nitrogens with zero attached hydrogens (tertiary/aromatic N) is 8. The Kier molecular flexibility index (Phi) is 24.2. The van der Waals surface area contributed by atoms with Crippen molar-refractivity contribution in [2.24, 2.45) is 5.73 Å². The third-order valence-electron chi connectivity index (χ3n) is 14.7. The molecule has 0 radical (unpaired) electrons. The van der Waals surface area contributed by atoms with E-state index in [0.717, 1.165) is 79.0 Å². The highest BCUT2D eigenvalue weighted by Gasteiger charge is 2.27. The average Bonchev–Trinajstić information content (AvgIpc) is 2.41. The molecule has 1 aromatic carbocycles. The smallest absolute Gasteiger partial charge is 0.410 e. The number of urea groups is 1. The van der Waals surface area contributed by atoms with E-state index in [1.165, 1.54) is 24.5 Å². The summed E-state index contributed by atoms with van der Waals surface area (Å²) in [6.45, 7) is 11.2. The predicted molar refractivity (Wildman–Crippen MR) is 325 cm³/mol. The van der Waals surface area contributed by atoms with E-state index in [9.17, 15) is 18.4 Å². The van der Waals surface area contributed by atoms with Gasteiger partial charge in [0.05, 0.1) is 78.5 Å². The zero-order chi connectivity index (χ0) is 60.6. The van der Waals surface area contributed by atoms with Crippen molar-refractivity contribution in [1.29, 1.82) is 0 Å². The number of carbonyl (C=O) groups excluding carboxylic acids is 2. The Bertz CT molecular complexity index is 3560. The third-order valence-corrected chi connectivity index (χ3v) is 14.7. The maximum Gasteiger partial charge on any atom is 0.412 e. The fourth-order valence-corrected chi connectivity index (χ4v) is 10.5. The Morgan fingerprint density at radius 3 is 1.62 bits per heavy atom. The van der Waals surface area contributed by atoms with Crippen LogP contribution in [0.15, 0.2) is 104 Å². The minimum atomic E-state index is -0.488. The van der Waals surface area contributed by atoms with Crippen LogP contribution in [0.4, 0.5) is 18.4 Å². The number of aromatic amines is 2. The molecule has 23 nitrogen and oxygen atoms in total. The Morgan fingerprint density at radius 1 is 0.598 bits per heavy atom. The zero-order valence-corrected chi connectivity index (χ0v) is 49.3. The van der Waals surface area contributed by atoms with Crippen molar-refractivity contribution in [3.05, 3.63) is 116 Å². The van der Waals surface area contributed by atoms with Gasteiger partial charge >= 0.3 is 12.1 Å².